The first-order valence-corrected chi connectivity index (χ1v) is 9.56. The Morgan fingerprint density at radius 2 is 2.23 bits per heavy atom. The maximum absolute atomic E-state index is 11.5. The van der Waals surface area contributed by atoms with Gasteiger partial charge in [0.25, 0.3) is 0 Å². The quantitative estimate of drug-likeness (QED) is 0.890. The van der Waals surface area contributed by atoms with Crippen LogP contribution in [0.15, 0.2) is 12.1 Å². The summed E-state index contributed by atoms with van der Waals surface area (Å²) in [5, 5.41) is 3.36. The number of fused-ring (bicyclic) bond motifs is 1. The minimum absolute atomic E-state index is 0.214. The zero-order valence-corrected chi connectivity index (χ0v) is 13.9. The predicted octanol–water partition coefficient (Wildman–Crippen LogP) is 1.54. The van der Waals surface area contributed by atoms with Crippen molar-refractivity contribution >= 4 is 9.84 Å². The fourth-order valence-electron chi connectivity index (χ4n) is 3.25. The molecule has 1 aromatic carbocycles. The first kappa shape index (κ1) is 15.6. The molecule has 0 saturated carbocycles. The summed E-state index contributed by atoms with van der Waals surface area (Å²) in [7, 11) is -1.13. The predicted molar refractivity (Wildman–Crippen MR) is 85.3 cm³/mol. The minimum atomic E-state index is -2.80. The number of ether oxygens (including phenoxy) is 2. The van der Waals surface area contributed by atoms with E-state index in [-0.39, 0.29) is 12.0 Å². The summed E-state index contributed by atoms with van der Waals surface area (Å²) in [4.78, 5) is 0. The van der Waals surface area contributed by atoms with Crippen molar-refractivity contribution in [1.29, 1.82) is 0 Å². The lowest BCUT2D eigenvalue weighted by molar-refractivity contribution is 0.254. The van der Waals surface area contributed by atoms with E-state index < -0.39 is 9.84 Å². The van der Waals surface area contributed by atoms with Crippen LogP contribution >= 0.6 is 0 Å². The summed E-state index contributed by atoms with van der Waals surface area (Å²) in [6.45, 7) is 3.44. The smallest absolute Gasteiger partial charge is 0.150 e. The van der Waals surface area contributed by atoms with Crippen molar-refractivity contribution in [3.8, 4) is 11.5 Å². The van der Waals surface area contributed by atoms with Crippen LogP contribution in [-0.2, 0) is 22.8 Å². The van der Waals surface area contributed by atoms with Crippen molar-refractivity contribution in [2.24, 2.45) is 5.92 Å². The molecule has 3 rings (SSSR count). The number of rotatable bonds is 5. The van der Waals surface area contributed by atoms with E-state index in [1.54, 1.807) is 7.11 Å². The zero-order chi connectivity index (χ0) is 15.7. The second kappa shape index (κ2) is 6.08. The molecule has 2 aliphatic heterocycles. The number of sulfone groups is 1. The summed E-state index contributed by atoms with van der Waals surface area (Å²) in [6, 6.07) is 4.09. The SMILES string of the molecule is COc1cc2c(cc1CNC[C@@H]1CCS(=O)(=O)C1)O[C@@H](C)C2. The zero-order valence-electron chi connectivity index (χ0n) is 13.1. The van der Waals surface area contributed by atoms with Gasteiger partial charge in [0.05, 0.1) is 18.6 Å². The Hall–Kier alpha value is -1.27. The Bertz CT molecular complexity index is 656. The average Bonchev–Trinajstić information content (AvgIpc) is 2.98. The summed E-state index contributed by atoms with van der Waals surface area (Å²) < 4.78 is 34.2. The van der Waals surface area contributed by atoms with Gasteiger partial charge in [-0.15, -0.1) is 0 Å². The van der Waals surface area contributed by atoms with Crippen molar-refractivity contribution < 1.29 is 17.9 Å². The van der Waals surface area contributed by atoms with Gasteiger partial charge in [-0.3, -0.25) is 0 Å². The molecule has 0 aromatic heterocycles. The van der Waals surface area contributed by atoms with Crippen LogP contribution in [0.2, 0.25) is 0 Å². The molecule has 0 amide bonds. The van der Waals surface area contributed by atoms with Gasteiger partial charge in [0.1, 0.15) is 17.6 Å². The molecule has 1 aromatic rings. The van der Waals surface area contributed by atoms with Crippen LogP contribution in [0.4, 0.5) is 0 Å². The summed E-state index contributed by atoms with van der Waals surface area (Å²) in [6.07, 6.45) is 1.89. The Morgan fingerprint density at radius 1 is 1.41 bits per heavy atom. The number of hydrogen-bond donors (Lipinski definition) is 1. The molecule has 2 aliphatic rings. The number of benzene rings is 1. The highest BCUT2D eigenvalue weighted by Gasteiger charge is 2.27. The van der Waals surface area contributed by atoms with Gasteiger partial charge in [0.2, 0.25) is 0 Å². The Labute approximate surface area is 131 Å². The van der Waals surface area contributed by atoms with Crippen LogP contribution in [0.25, 0.3) is 0 Å². The number of hydrogen-bond acceptors (Lipinski definition) is 5. The topological polar surface area (TPSA) is 64.6 Å². The van der Waals surface area contributed by atoms with E-state index in [0.717, 1.165) is 36.4 Å². The molecule has 0 unspecified atom stereocenters. The van der Waals surface area contributed by atoms with Gasteiger partial charge in [0, 0.05) is 24.1 Å². The Morgan fingerprint density at radius 3 is 2.91 bits per heavy atom. The molecule has 0 aliphatic carbocycles. The molecule has 0 radical (unpaired) electrons. The molecule has 1 fully saturated rings. The molecule has 5 nitrogen and oxygen atoms in total. The van der Waals surface area contributed by atoms with E-state index in [0.29, 0.717) is 18.1 Å². The third-order valence-corrected chi connectivity index (χ3v) is 6.21. The normalized spacial score (nSPS) is 25.7. The van der Waals surface area contributed by atoms with Gasteiger partial charge in [-0.05, 0) is 37.9 Å². The van der Waals surface area contributed by atoms with Crippen LogP contribution < -0.4 is 14.8 Å². The van der Waals surface area contributed by atoms with E-state index in [2.05, 4.69) is 18.3 Å². The summed E-state index contributed by atoms with van der Waals surface area (Å²) in [5.41, 5.74) is 2.24. The molecular weight excluding hydrogens is 302 g/mol. The molecule has 6 heteroatoms. The second-order valence-electron chi connectivity index (χ2n) is 6.30. The fourth-order valence-corrected chi connectivity index (χ4v) is 5.12. The van der Waals surface area contributed by atoms with E-state index in [1.165, 1.54) is 5.56 Å². The number of nitrogens with one attached hydrogen (secondary N) is 1. The number of methoxy groups -OCH3 is 1. The lowest BCUT2D eigenvalue weighted by Gasteiger charge is -2.13. The van der Waals surface area contributed by atoms with E-state index in [9.17, 15) is 8.42 Å². The van der Waals surface area contributed by atoms with Crippen LogP contribution in [0.3, 0.4) is 0 Å². The van der Waals surface area contributed by atoms with Gasteiger partial charge in [-0.2, -0.15) is 0 Å². The highest BCUT2D eigenvalue weighted by Crippen LogP contribution is 2.35. The molecule has 2 atom stereocenters. The highest BCUT2D eigenvalue weighted by molar-refractivity contribution is 7.91. The third-order valence-electron chi connectivity index (χ3n) is 4.37. The largest absolute Gasteiger partial charge is 0.496 e. The van der Waals surface area contributed by atoms with E-state index in [1.807, 2.05) is 6.07 Å². The standard InChI is InChI=1S/C16H23NO4S/c1-11-5-13-6-15(20-2)14(7-16(13)21-11)9-17-8-12-3-4-22(18,19)10-12/h6-7,11-12,17H,3-5,8-10H2,1-2H3/t11-,12-/m0/s1. The van der Waals surface area contributed by atoms with Gasteiger partial charge in [-0.1, -0.05) is 0 Å². The molecule has 0 spiro atoms. The van der Waals surface area contributed by atoms with Crippen LogP contribution in [0, 0.1) is 5.92 Å². The van der Waals surface area contributed by atoms with Gasteiger partial charge >= 0.3 is 0 Å². The van der Waals surface area contributed by atoms with Crippen molar-refractivity contribution in [1.82, 2.24) is 5.32 Å². The van der Waals surface area contributed by atoms with Crippen molar-refractivity contribution in [3.63, 3.8) is 0 Å². The maximum Gasteiger partial charge on any atom is 0.150 e. The van der Waals surface area contributed by atoms with Gasteiger partial charge in [-0.25, -0.2) is 8.42 Å². The summed E-state index contributed by atoms with van der Waals surface area (Å²) >= 11 is 0. The van der Waals surface area contributed by atoms with E-state index in [4.69, 9.17) is 9.47 Å². The Balaban J connectivity index is 1.62. The molecule has 2 heterocycles. The van der Waals surface area contributed by atoms with Gasteiger partial charge < -0.3 is 14.8 Å². The molecule has 1 N–H and O–H groups in total. The third kappa shape index (κ3) is 3.38. The molecule has 122 valence electrons. The molecule has 0 bridgehead atoms. The lowest BCUT2D eigenvalue weighted by Crippen LogP contribution is -2.23. The molecule has 22 heavy (non-hydrogen) atoms. The molecule has 1 saturated heterocycles. The van der Waals surface area contributed by atoms with Crippen LogP contribution in [0.1, 0.15) is 24.5 Å². The maximum atomic E-state index is 11.5. The highest BCUT2D eigenvalue weighted by atomic mass is 32.2. The van der Waals surface area contributed by atoms with Crippen molar-refractivity contribution in [3.05, 3.63) is 23.3 Å². The fraction of sp³-hybridized carbons (Fsp3) is 0.625. The van der Waals surface area contributed by atoms with Crippen LogP contribution in [-0.4, -0.2) is 39.7 Å². The lowest BCUT2D eigenvalue weighted by atomic mass is 10.1. The first-order chi connectivity index (χ1) is 10.5. The van der Waals surface area contributed by atoms with Crippen molar-refractivity contribution in [2.45, 2.75) is 32.4 Å². The first-order valence-electron chi connectivity index (χ1n) is 7.74. The monoisotopic (exact) mass is 325 g/mol. The van der Waals surface area contributed by atoms with E-state index >= 15 is 0 Å². The van der Waals surface area contributed by atoms with Gasteiger partial charge in [0.15, 0.2) is 9.84 Å². The van der Waals surface area contributed by atoms with Crippen molar-refractivity contribution in [2.75, 3.05) is 25.2 Å². The second-order valence-corrected chi connectivity index (χ2v) is 8.53. The Kier molecular flexibility index (Phi) is 4.32. The summed E-state index contributed by atoms with van der Waals surface area (Å²) in [5.74, 6) is 2.66. The van der Waals surface area contributed by atoms with Crippen LogP contribution in [0.5, 0.6) is 11.5 Å². The molecular formula is C16H23NO4S. The average molecular weight is 325 g/mol. The minimum Gasteiger partial charge on any atom is -0.496 e.